The van der Waals surface area contributed by atoms with E-state index >= 15 is 0 Å². The van der Waals surface area contributed by atoms with E-state index in [-0.39, 0.29) is 33.7 Å². The van der Waals surface area contributed by atoms with E-state index in [1.165, 1.54) is 12.1 Å². The van der Waals surface area contributed by atoms with Crippen molar-refractivity contribution in [2.24, 2.45) is 0 Å². The number of hydrogen-bond donors (Lipinski definition) is 0. The minimum atomic E-state index is -0.556. The van der Waals surface area contributed by atoms with Gasteiger partial charge in [0.25, 0.3) is 0 Å². The van der Waals surface area contributed by atoms with Crippen LogP contribution in [0.2, 0.25) is 10.0 Å². The standard InChI is InChI=1S/C18H25Cl2NO4/c1-5-25-18(3,4)9-6-7-13(2)8-10-24-17-15(20)11-14(19)12-16(17)21(22)23/h8,11-12H,5-7,9-10H2,1-4H3. The largest absolute Gasteiger partial charge is 0.482 e. The van der Waals surface area contributed by atoms with Gasteiger partial charge in [-0.05, 0) is 59.1 Å². The molecule has 140 valence electrons. The first kappa shape index (κ1) is 21.7. The fourth-order valence-electron chi connectivity index (χ4n) is 2.45. The summed E-state index contributed by atoms with van der Waals surface area (Å²) in [4.78, 5) is 10.5. The topological polar surface area (TPSA) is 61.6 Å². The molecule has 25 heavy (non-hydrogen) atoms. The van der Waals surface area contributed by atoms with Crippen LogP contribution in [-0.2, 0) is 4.74 Å². The molecule has 0 amide bonds. The summed E-state index contributed by atoms with van der Waals surface area (Å²) in [5.74, 6) is 0.0394. The number of ether oxygens (including phenoxy) is 2. The third-order valence-corrected chi connectivity index (χ3v) is 4.23. The van der Waals surface area contributed by atoms with Crippen molar-refractivity contribution in [2.45, 2.75) is 52.6 Å². The molecule has 0 bridgehead atoms. The van der Waals surface area contributed by atoms with Crippen LogP contribution in [0.1, 0.15) is 47.0 Å². The van der Waals surface area contributed by atoms with E-state index in [4.69, 9.17) is 32.7 Å². The van der Waals surface area contributed by atoms with Crippen LogP contribution >= 0.6 is 23.2 Å². The molecular weight excluding hydrogens is 365 g/mol. The first-order chi connectivity index (χ1) is 11.7. The van der Waals surface area contributed by atoms with E-state index < -0.39 is 4.92 Å². The highest BCUT2D eigenvalue weighted by molar-refractivity contribution is 6.36. The normalized spacial score (nSPS) is 12.3. The number of halogens is 2. The Morgan fingerprint density at radius 3 is 2.64 bits per heavy atom. The second-order valence-electron chi connectivity index (χ2n) is 6.40. The van der Waals surface area contributed by atoms with Crippen LogP contribution in [0.15, 0.2) is 23.8 Å². The quantitative estimate of drug-likeness (QED) is 0.271. The van der Waals surface area contributed by atoms with Gasteiger partial charge in [0.05, 0.1) is 15.5 Å². The minimum Gasteiger partial charge on any atom is -0.482 e. The van der Waals surface area contributed by atoms with Crippen molar-refractivity contribution in [3.05, 3.63) is 43.9 Å². The van der Waals surface area contributed by atoms with Crippen LogP contribution < -0.4 is 4.74 Å². The third-order valence-electron chi connectivity index (χ3n) is 3.73. The van der Waals surface area contributed by atoms with Crippen molar-refractivity contribution >= 4 is 28.9 Å². The molecule has 0 heterocycles. The maximum absolute atomic E-state index is 11.1. The van der Waals surface area contributed by atoms with Crippen LogP contribution in [0.4, 0.5) is 5.69 Å². The Hall–Kier alpha value is -1.30. The summed E-state index contributed by atoms with van der Waals surface area (Å²) in [7, 11) is 0. The van der Waals surface area contributed by atoms with Crippen LogP contribution in [0.5, 0.6) is 5.75 Å². The number of hydrogen-bond acceptors (Lipinski definition) is 4. The van der Waals surface area contributed by atoms with E-state index in [1.807, 2.05) is 19.9 Å². The summed E-state index contributed by atoms with van der Waals surface area (Å²) in [5, 5.41) is 11.4. The van der Waals surface area contributed by atoms with E-state index in [0.717, 1.165) is 24.8 Å². The fraction of sp³-hybridized carbons (Fsp3) is 0.556. The van der Waals surface area contributed by atoms with Crippen molar-refractivity contribution in [2.75, 3.05) is 13.2 Å². The Kier molecular flexibility index (Phi) is 8.69. The highest BCUT2D eigenvalue weighted by Gasteiger charge is 2.20. The maximum atomic E-state index is 11.1. The molecule has 0 aliphatic rings. The molecule has 1 aromatic carbocycles. The minimum absolute atomic E-state index is 0.0394. The Morgan fingerprint density at radius 2 is 2.04 bits per heavy atom. The zero-order valence-corrected chi connectivity index (χ0v) is 16.6. The number of nitro groups is 1. The van der Waals surface area contributed by atoms with Crippen LogP contribution in [0.25, 0.3) is 0 Å². The maximum Gasteiger partial charge on any atom is 0.314 e. The second-order valence-corrected chi connectivity index (χ2v) is 7.24. The first-order valence-electron chi connectivity index (χ1n) is 8.22. The van der Waals surface area contributed by atoms with Gasteiger partial charge in [-0.3, -0.25) is 10.1 Å². The molecule has 0 saturated carbocycles. The van der Waals surface area contributed by atoms with Gasteiger partial charge in [0, 0.05) is 17.7 Å². The van der Waals surface area contributed by atoms with Gasteiger partial charge in [-0.1, -0.05) is 28.8 Å². The van der Waals surface area contributed by atoms with Gasteiger partial charge >= 0.3 is 5.69 Å². The monoisotopic (exact) mass is 389 g/mol. The summed E-state index contributed by atoms with van der Waals surface area (Å²) >= 11 is 11.8. The Labute approximate surface area is 159 Å². The predicted molar refractivity (Wildman–Crippen MR) is 102 cm³/mol. The molecule has 0 atom stereocenters. The lowest BCUT2D eigenvalue weighted by Gasteiger charge is -2.24. The third kappa shape index (κ3) is 7.63. The van der Waals surface area contributed by atoms with Gasteiger partial charge in [-0.2, -0.15) is 0 Å². The molecule has 0 aliphatic carbocycles. The number of nitrogens with zero attached hydrogens (tertiary/aromatic N) is 1. The molecule has 0 fully saturated rings. The average Bonchev–Trinajstić information content (AvgIpc) is 2.48. The Morgan fingerprint density at radius 1 is 1.36 bits per heavy atom. The molecule has 1 rings (SSSR count). The van der Waals surface area contributed by atoms with Crippen LogP contribution in [0.3, 0.4) is 0 Å². The van der Waals surface area contributed by atoms with Gasteiger partial charge in [0.15, 0.2) is 0 Å². The lowest BCUT2D eigenvalue weighted by molar-refractivity contribution is -0.385. The molecule has 0 radical (unpaired) electrons. The van der Waals surface area contributed by atoms with Gasteiger partial charge in [-0.15, -0.1) is 0 Å². The number of rotatable bonds is 10. The van der Waals surface area contributed by atoms with Crippen molar-refractivity contribution in [1.82, 2.24) is 0 Å². The summed E-state index contributed by atoms with van der Waals surface area (Å²) in [6, 6.07) is 2.66. The molecule has 0 N–H and O–H groups in total. The summed E-state index contributed by atoms with van der Waals surface area (Å²) in [5.41, 5.74) is 0.797. The lowest BCUT2D eigenvalue weighted by Crippen LogP contribution is -2.24. The molecule has 0 aliphatic heterocycles. The van der Waals surface area contributed by atoms with Gasteiger partial charge in [0.1, 0.15) is 6.61 Å². The Bertz CT molecular complexity index is 630. The van der Waals surface area contributed by atoms with Crippen molar-refractivity contribution in [3.8, 4) is 5.75 Å². The van der Waals surface area contributed by atoms with E-state index in [0.29, 0.717) is 6.61 Å². The van der Waals surface area contributed by atoms with E-state index in [1.54, 1.807) is 0 Å². The highest BCUT2D eigenvalue weighted by atomic mass is 35.5. The molecule has 0 aromatic heterocycles. The van der Waals surface area contributed by atoms with Crippen molar-refractivity contribution in [3.63, 3.8) is 0 Å². The zero-order valence-electron chi connectivity index (χ0n) is 15.1. The molecule has 0 unspecified atom stereocenters. The highest BCUT2D eigenvalue weighted by Crippen LogP contribution is 2.37. The Balaban J connectivity index is 2.59. The summed E-state index contributed by atoms with van der Waals surface area (Å²) in [6.07, 6.45) is 4.77. The van der Waals surface area contributed by atoms with Crippen molar-refractivity contribution < 1.29 is 14.4 Å². The fourth-order valence-corrected chi connectivity index (χ4v) is 2.99. The van der Waals surface area contributed by atoms with Gasteiger partial charge in [-0.25, -0.2) is 0 Å². The summed E-state index contributed by atoms with van der Waals surface area (Å²) < 4.78 is 11.2. The SMILES string of the molecule is CCOC(C)(C)CCCC(C)=CCOc1c(Cl)cc(Cl)cc1[N+](=O)[O-]. The first-order valence-corrected chi connectivity index (χ1v) is 8.97. The number of nitro benzene ring substituents is 1. The molecule has 5 nitrogen and oxygen atoms in total. The molecule has 0 saturated heterocycles. The molecule has 7 heteroatoms. The van der Waals surface area contributed by atoms with Crippen molar-refractivity contribution in [1.29, 1.82) is 0 Å². The molecule has 0 spiro atoms. The van der Waals surface area contributed by atoms with Crippen LogP contribution in [-0.4, -0.2) is 23.7 Å². The second kappa shape index (κ2) is 10.00. The average molecular weight is 390 g/mol. The van der Waals surface area contributed by atoms with E-state index in [2.05, 4.69) is 13.8 Å². The predicted octanol–water partition coefficient (Wildman–Crippen LogP) is 6.21. The number of benzene rings is 1. The molecule has 1 aromatic rings. The smallest absolute Gasteiger partial charge is 0.314 e. The van der Waals surface area contributed by atoms with Gasteiger partial charge < -0.3 is 9.47 Å². The summed E-state index contributed by atoms with van der Waals surface area (Å²) in [6.45, 7) is 9.08. The van der Waals surface area contributed by atoms with Gasteiger partial charge in [0.2, 0.25) is 5.75 Å². The lowest BCUT2D eigenvalue weighted by atomic mass is 9.99. The number of allylic oxidation sites excluding steroid dienone is 1. The van der Waals surface area contributed by atoms with E-state index in [9.17, 15) is 10.1 Å². The van der Waals surface area contributed by atoms with Crippen LogP contribution in [0, 0.1) is 10.1 Å². The molecular formula is C18H25Cl2NO4. The zero-order chi connectivity index (χ0) is 19.0.